The molecule has 0 aliphatic rings. The van der Waals surface area contributed by atoms with E-state index in [4.69, 9.17) is 9.88 Å². The first kappa shape index (κ1) is 16.7. The van der Waals surface area contributed by atoms with Crippen molar-refractivity contribution in [1.29, 1.82) is 0 Å². The van der Waals surface area contributed by atoms with E-state index in [-0.39, 0.29) is 10.8 Å². The molecule has 20 heavy (non-hydrogen) atoms. The van der Waals surface area contributed by atoms with E-state index in [1.165, 1.54) is 0 Å². The Morgan fingerprint density at radius 2 is 2.00 bits per heavy atom. The summed E-state index contributed by atoms with van der Waals surface area (Å²) in [4.78, 5) is 0.161. The maximum Gasteiger partial charge on any atom is 0.238 e. The van der Waals surface area contributed by atoms with E-state index in [2.05, 4.69) is 6.58 Å². The molecule has 0 aromatic heterocycles. The van der Waals surface area contributed by atoms with Crippen molar-refractivity contribution < 1.29 is 13.2 Å². The molecular formula is C15H23NO3S. The van der Waals surface area contributed by atoms with Gasteiger partial charge in [0.05, 0.1) is 11.5 Å². The van der Waals surface area contributed by atoms with E-state index in [0.717, 1.165) is 17.6 Å². The summed E-state index contributed by atoms with van der Waals surface area (Å²) in [5.41, 5.74) is 2.50. The van der Waals surface area contributed by atoms with Crippen LogP contribution in [0.3, 0.4) is 0 Å². The molecule has 1 aromatic carbocycles. The largest absolute Gasteiger partial charge is 0.493 e. The van der Waals surface area contributed by atoms with Crippen molar-refractivity contribution >= 4 is 10.0 Å². The zero-order valence-electron chi connectivity index (χ0n) is 12.6. The van der Waals surface area contributed by atoms with Crippen molar-refractivity contribution in [3.8, 4) is 5.75 Å². The van der Waals surface area contributed by atoms with Crippen LogP contribution in [-0.4, -0.2) is 15.0 Å². The lowest BCUT2D eigenvalue weighted by atomic mass is 10.0. The van der Waals surface area contributed by atoms with Gasteiger partial charge in [-0.1, -0.05) is 19.4 Å². The molecule has 0 unspecified atom stereocenters. The highest BCUT2D eigenvalue weighted by Crippen LogP contribution is 2.31. The standard InChI is InChI=1S/C15H23NO3S/c1-10(2)6-7-19-14-8-12(5)15(20(16,17)18)9-13(14)11(3)4/h8-9,11H,1,6-7H2,2-5H3,(H2,16,17,18). The van der Waals surface area contributed by atoms with Gasteiger partial charge in [-0.05, 0) is 43.0 Å². The Bertz CT molecular complexity index is 604. The minimum absolute atomic E-state index is 0.149. The van der Waals surface area contributed by atoms with E-state index in [9.17, 15) is 8.42 Å². The first-order valence-electron chi connectivity index (χ1n) is 6.57. The van der Waals surface area contributed by atoms with E-state index < -0.39 is 10.0 Å². The summed E-state index contributed by atoms with van der Waals surface area (Å²) >= 11 is 0. The second-order valence-electron chi connectivity index (χ2n) is 5.41. The number of hydrogen-bond acceptors (Lipinski definition) is 3. The van der Waals surface area contributed by atoms with Crippen LogP contribution >= 0.6 is 0 Å². The molecule has 4 nitrogen and oxygen atoms in total. The average molecular weight is 297 g/mol. The highest BCUT2D eigenvalue weighted by molar-refractivity contribution is 7.89. The van der Waals surface area contributed by atoms with Crippen LogP contribution in [0.15, 0.2) is 29.2 Å². The lowest BCUT2D eigenvalue weighted by Crippen LogP contribution is -2.15. The lowest BCUT2D eigenvalue weighted by Gasteiger charge is -2.17. The molecule has 2 N–H and O–H groups in total. The van der Waals surface area contributed by atoms with Crippen LogP contribution < -0.4 is 9.88 Å². The van der Waals surface area contributed by atoms with Gasteiger partial charge in [0.25, 0.3) is 0 Å². The predicted molar refractivity (Wildman–Crippen MR) is 81.6 cm³/mol. The Morgan fingerprint density at radius 1 is 1.40 bits per heavy atom. The fraction of sp³-hybridized carbons (Fsp3) is 0.467. The zero-order chi connectivity index (χ0) is 15.5. The van der Waals surface area contributed by atoms with Crippen LogP contribution in [0.4, 0.5) is 0 Å². The summed E-state index contributed by atoms with van der Waals surface area (Å²) in [5, 5.41) is 5.24. The fourth-order valence-electron chi connectivity index (χ4n) is 1.90. The molecule has 0 saturated heterocycles. The van der Waals surface area contributed by atoms with Crippen LogP contribution in [0.5, 0.6) is 5.75 Å². The van der Waals surface area contributed by atoms with Gasteiger partial charge in [0.15, 0.2) is 0 Å². The molecule has 5 heteroatoms. The Kier molecular flexibility index (Phi) is 5.36. The molecule has 0 radical (unpaired) electrons. The van der Waals surface area contributed by atoms with Gasteiger partial charge in [0, 0.05) is 6.42 Å². The number of primary sulfonamides is 1. The number of aryl methyl sites for hydroxylation is 1. The molecule has 0 amide bonds. The topological polar surface area (TPSA) is 69.4 Å². The van der Waals surface area contributed by atoms with Crippen LogP contribution in [0.1, 0.15) is 44.2 Å². The van der Waals surface area contributed by atoms with Crippen molar-refractivity contribution in [2.24, 2.45) is 5.14 Å². The van der Waals surface area contributed by atoms with Gasteiger partial charge in [-0.15, -0.1) is 6.58 Å². The molecule has 0 saturated carbocycles. The van der Waals surface area contributed by atoms with Gasteiger partial charge in [-0.2, -0.15) is 0 Å². The zero-order valence-corrected chi connectivity index (χ0v) is 13.4. The maximum absolute atomic E-state index is 11.6. The summed E-state index contributed by atoms with van der Waals surface area (Å²) in [6.45, 7) is 12.0. The molecule has 1 rings (SSSR count). The second kappa shape index (κ2) is 6.41. The average Bonchev–Trinajstić information content (AvgIpc) is 2.26. The molecule has 0 heterocycles. The number of hydrogen-bond donors (Lipinski definition) is 1. The van der Waals surface area contributed by atoms with Crippen molar-refractivity contribution in [2.75, 3.05) is 6.61 Å². The summed E-state index contributed by atoms with van der Waals surface area (Å²) < 4.78 is 28.9. The predicted octanol–water partition coefficient (Wildman–Crippen LogP) is 3.11. The third kappa shape index (κ3) is 4.35. The SMILES string of the molecule is C=C(C)CCOc1cc(C)c(S(N)(=O)=O)cc1C(C)C. The quantitative estimate of drug-likeness (QED) is 0.820. The lowest BCUT2D eigenvalue weighted by molar-refractivity contribution is 0.316. The Hall–Kier alpha value is -1.33. The molecule has 0 aliphatic heterocycles. The first-order chi connectivity index (χ1) is 9.12. The van der Waals surface area contributed by atoms with E-state index in [1.54, 1.807) is 19.1 Å². The van der Waals surface area contributed by atoms with Gasteiger partial charge in [0.1, 0.15) is 5.75 Å². The number of nitrogens with two attached hydrogens (primary N) is 1. The highest BCUT2D eigenvalue weighted by atomic mass is 32.2. The Balaban J connectivity index is 3.18. The Labute approximate surface area is 121 Å². The van der Waals surface area contributed by atoms with Crippen molar-refractivity contribution in [2.45, 2.75) is 44.9 Å². The van der Waals surface area contributed by atoms with Gasteiger partial charge >= 0.3 is 0 Å². The molecule has 0 fully saturated rings. The molecule has 1 aromatic rings. The van der Waals surface area contributed by atoms with E-state index >= 15 is 0 Å². The summed E-state index contributed by atoms with van der Waals surface area (Å²) in [6, 6.07) is 3.36. The van der Waals surface area contributed by atoms with Crippen LogP contribution in [0.25, 0.3) is 0 Å². The molecule has 0 atom stereocenters. The third-order valence-electron chi connectivity index (χ3n) is 3.02. The normalized spacial score (nSPS) is 11.7. The van der Waals surface area contributed by atoms with Crippen molar-refractivity contribution in [3.63, 3.8) is 0 Å². The number of rotatable bonds is 6. The van der Waals surface area contributed by atoms with E-state index in [1.807, 2.05) is 20.8 Å². The molecule has 0 bridgehead atoms. The molecule has 112 valence electrons. The smallest absolute Gasteiger partial charge is 0.238 e. The van der Waals surface area contributed by atoms with Crippen molar-refractivity contribution in [1.82, 2.24) is 0 Å². The minimum Gasteiger partial charge on any atom is -0.493 e. The number of ether oxygens (including phenoxy) is 1. The van der Waals surface area contributed by atoms with Gasteiger partial charge in [-0.25, -0.2) is 13.6 Å². The fourth-order valence-corrected chi connectivity index (χ4v) is 2.69. The Morgan fingerprint density at radius 3 is 2.45 bits per heavy atom. The monoisotopic (exact) mass is 297 g/mol. The molecular weight excluding hydrogens is 274 g/mol. The van der Waals surface area contributed by atoms with Crippen LogP contribution in [-0.2, 0) is 10.0 Å². The van der Waals surface area contributed by atoms with Crippen LogP contribution in [0.2, 0.25) is 0 Å². The highest BCUT2D eigenvalue weighted by Gasteiger charge is 2.17. The van der Waals surface area contributed by atoms with Gasteiger partial charge in [0.2, 0.25) is 10.0 Å². The summed E-state index contributed by atoms with van der Waals surface area (Å²) in [7, 11) is -3.71. The third-order valence-corrected chi connectivity index (χ3v) is 4.08. The molecule has 0 aliphatic carbocycles. The van der Waals surface area contributed by atoms with Crippen LogP contribution in [0, 0.1) is 6.92 Å². The van der Waals surface area contributed by atoms with Gasteiger partial charge < -0.3 is 4.74 Å². The van der Waals surface area contributed by atoms with Crippen molar-refractivity contribution in [3.05, 3.63) is 35.4 Å². The number of sulfonamides is 1. The second-order valence-corrected chi connectivity index (χ2v) is 6.94. The maximum atomic E-state index is 11.6. The molecule has 0 spiro atoms. The van der Waals surface area contributed by atoms with E-state index in [0.29, 0.717) is 17.9 Å². The number of benzene rings is 1. The summed E-state index contributed by atoms with van der Waals surface area (Å²) in [5.74, 6) is 0.863. The summed E-state index contributed by atoms with van der Waals surface area (Å²) in [6.07, 6.45) is 0.771. The first-order valence-corrected chi connectivity index (χ1v) is 8.12. The van der Waals surface area contributed by atoms with Gasteiger partial charge in [-0.3, -0.25) is 0 Å². The minimum atomic E-state index is -3.71.